The second kappa shape index (κ2) is 11.8. The van der Waals surface area contributed by atoms with Gasteiger partial charge in [0.25, 0.3) is 0 Å². The van der Waals surface area contributed by atoms with Gasteiger partial charge in [-0.1, -0.05) is 51.1 Å². The Morgan fingerprint density at radius 3 is 2.50 bits per heavy atom. The molecule has 5 aliphatic rings. The van der Waals surface area contributed by atoms with Crippen LogP contribution in [0.4, 0.5) is 0 Å². The molecule has 8 nitrogen and oxygen atoms in total. The largest absolute Gasteiger partial charge is 0.469 e. The zero-order chi connectivity index (χ0) is 29.7. The monoisotopic (exact) mass is 604 g/mol. The van der Waals surface area contributed by atoms with Crippen molar-refractivity contribution >= 4 is 16.4 Å². The van der Waals surface area contributed by atoms with Gasteiger partial charge in [0, 0.05) is 6.42 Å². The Hall–Kier alpha value is -1.52. The van der Waals surface area contributed by atoms with Crippen LogP contribution in [0, 0.1) is 46.3 Å². The average Bonchev–Trinajstić information content (AvgIpc) is 3.49. The maximum absolute atomic E-state index is 12.4. The van der Waals surface area contributed by atoms with Gasteiger partial charge in [0.2, 0.25) is 0 Å². The van der Waals surface area contributed by atoms with Gasteiger partial charge in [-0.15, -0.1) is 0 Å². The SMILES string of the molecule is COC(=O)CC[C@@H](C)[C@H]1CC[C@H]2[C@@H]3[C@H](OCOCc4ccccc4)C[C@H]4[C@H]5OS(=O)(=O)O[C@H]5CC[C@]4(C)[C@H]3CC[C@]12C. The van der Waals surface area contributed by atoms with Crippen LogP contribution in [0.5, 0.6) is 0 Å². The lowest BCUT2D eigenvalue weighted by molar-refractivity contribution is -0.222. The molecule has 0 spiro atoms. The van der Waals surface area contributed by atoms with Crippen LogP contribution in [0.25, 0.3) is 0 Å². The number of fused-ring (bicyclic) bond motifs is 7. The summed E-state index contributed by atoms with van der Waals surface area (Å²) in [6.45, 7) is 7.89. The van der Waals surface area contributed by atoms with Gasteiger partial charge in [-0.05, 0) is 103 Å². The van der Waals surface area contributed by atoms with Crippen LogP contribution < -0.4 is 0 Å². The molecule has 11 atom stereocenters. The van der Waals surface area contributed by atoms with Crippen LogP contribution in [0.15, 0.2) is 30.3 Å². The Bertz CT molecular complexity index is 1220. The molecule has 1 saturated heterocycles. The Kier molecular flexibility index (Phi) is 8.55. The normalized spacial score (nSPS) is 42.6. The highest BCUT2D eigenvalue weighted by Crippen LogP contribution is 2.69. The van der Waals surface area contributed by atoms with E-state index < -0.39 is 22.6 Å². The Morgan fingerprint density at radius 2 is 1.74 bits per heavy atom. The van der Waals surface area contributed by atoms with Gasteiger partial charge in [0.1, 0.15) is 19.0 Å². The maximum Gasteiger partial charge on any atom is 0.400 e. The number of ether oxygens (including phenoxy) is 3. The molecule has 6 rings (SSSR count). The number of hydrogen-bond acceptors (Lipinski definition) is 8. The summed E-state index contributed by atoms with van der Waals surface area (Å²) in [5, 5.41) is 0. The summed E-state index contributed by atoms with van der Waals surface area (Å²) < 4.78 is 53.4. The molecule has 4 aliphatic carbocycles. The third-order valence-electron chi connectivity index (χ3n) is 12.4. The fourth-order valence-electron chi connectivity index (χ4n) is 10.4. The van der Waals surface area contributed by atoms with Crippen molar-refractivity contribution < 1.29 is 35.8 Å². The first-order valence-corrected chi connectivity index (χ1v) is 17.3. The first kappa shape index (κ1) is 30.5. The van der Waals surface area contributed by atoms with Crippen molar-refractivity contribution in [2.24, 2.45) is 46.3 Å². The summed E-state index contributed by atoms with van der Waals surface area (Å²) in [6.07, 6.45) is 7.42. The number of rotatable bonds is 9. The number of esters is 1. The van der Waals surface area contributed by atoms with Crippen molar-refractivity contribution in [3.05, 3.63) is 35.9 Å². The highest BCUT2D eigenvalue weighted by Gasteiger charge is 2.66. The standard InChI is InChI=1S/C33H48O8S/c1-21(10-13-29(34)37-4)23-11-12-24-30-25(14-16-32(23,24)2)33(3)17-15-27-31(41-42(35,36)40-27)26(33)18-28(30)39-20-38-19-22-8-6-5-7-9-22/h5-9,21,23-28,30-31H,10-20H2,1-4H3/t21-,23-,24+,25+,26+,27+,28-,30+,31-,32-,33-/m1/s1. The summed E-state index contributed by atoms with van der Waals surface area (Å²) in [4.78, 5) is 11.9. The van der Waals surface area contributed by atoms with Crippen molar-refractivity contribution in [2.45, 2.75) is 103 Å². The van der Waals surface area contributed by atoms with E-state index in [1.54, 1.807) is 0 Å². The van der Waals surface area contributed by atoms with Gasteiger partial charge in [0.15, 0.2) is 0 Å². The first-order chi connectivity index (χ1) is 20.1. The molecule has 234 valence electrons. The molecule has 1 aliphatic heterocycles. The molecule has 42 heavy (non-hydrogen) atoms. The predicted octanol–water partition coefficient (Wildman–Crippen LogP) is 6.04. The van der Waals surface area contributed by atoms with Crippen molar-refractivity contribution in [1.29, 1.82) is 0 Å². The molecule has 9 heteroatoms. The van der Waals surface area contributed by atoms with E-state index in [9.17, 15) is 13.2 Å². The molecule has 0 aromatic heterocycles. The highest BCUT2D eigenvalue weighted by atomic mass is 32.3. The van der Waals surface area contributed by atoms with E-state index in [2.05, 4.69) is 32.9 Å². The summed E-state index contributed by atoms with van der Waals surface area (Å²) >= 11 is 0. The van der Waals surface area contributed by atoms with Crippen LogP contribution in [0.1, 0.15) is 84.1 Å². The van der Waals surface area contributed by atoms with Crippen molar-refractivity contribution in [1.82, 2.24) is 0 Å². The molecule has 1 aromatic rings. The summed E-state index contributed by atoms with van der Waals surface area (Å²) in [6, 6.07) is 10.1. The van der Waals surface area contributed by atoms with E-state index in [4.69, 9.17) is 22.6 Å². The van der Waals surface area contributed by atoms with E-state index in [-0.39, 0.29) is 35.6 Å². The highest BCUT2D eigenvalue weighted by molar-refractivity contribution is 7.82. The van der Waals surface area contributed by atoms with Crippen molar-refractivity contribution in [3.8, 4) is 0 Å². The first-order valence-electron chi connectivity index (χ1n) is 16.0. The maximum atomic E-state index is 12.4. The minimum atomic E-state index is -3.96. The van der Waals surface area contributed by atoms with Crippen molar-refractivity contribution in [3.63, 3.8) is 0 Å². The zero-order valence-electron chi connectivity index (χ0n) is 25.5. The van der Waals surface area contributed by atoms with Crippen LogP contribution in [0.2, 0.25) is 0 Å². The molecule has 0 radical (unpaired) electrons. The minimum absolute atomic E-state index is 0.0320. The Morgan fingerprint density at radius 1 is 1.00 bits per heavy atom. The lowest BCUT2D eigenvalue weighted by Crippen LogP contribution is -2.62. The molecule has 1 aromatic carbocycles. The molecule has 5 fully saturated rings. The van der Waals surface area contributed by atoms with Gasteiger partial charge in [-0.3, -0.25) is 4.79 Å². The topological polar surface area (TPSA) is 97.4 Å². The summed E-state index contributed by atoms with van der Waals surface area (Å²) in [5.41, 5.74) is 1.26. The smallest absolute Gasteiger partial charge is 0.400 e. The summed E-state index contributed by atoms with van der Waals surface area (Å²) in [5.74, 6) is 2.23. The van der Waals surface area contributed by atoms with Gasteiger partial charge < -0.3 is 14.2 Å². The van der Waals surface area contributed by atoms with E-state index in [1.165, 1.54) is 13.5 Å². The van der Waals surface area contributed by atoms with Crippen LogP contribution >= 0.6 is 0 Å². The number of benzene rings is 1. The van der Waals surface area contributed by atoms with E-state index in [0.29, 0.717) is 49.0 Å². The molecule has 0 N–H and O–H groups in total. The number of hydrogen-bond donors (Lipinski definition) is 0. The van der Waals surface area contributed by atoms with Crippen LogP contribution in [0.3, 0.4) is 0 Å². The van der Waals surface area contributed by atoms with Gasteiger partial charge in [0.05, 0.1) is 19.8 Å². The van der Waals surface area contributed by atoms with E-state index in [1.807, 2.05) is 18.2 Å². The third-order valence-corrected chi connectivity index (χ3v) is 13.4. The number of carbonyl (C=O) groups excluding carboxylic acids is 1. The average molecular weight is 605 g/mol. The van der Waals surface area contributed by atoms with Gasteiger partial charge in [-0.25, -0.2) is 8.37 Å². The Balaban J connectivity index is 1.24. The third kappa shape index (κ3) is 5.46. The second-order valence-corrected chi connectivity index (χ2v) is 15.5. The van der Waals surface area contributed by atoms with Crippen LogP contribution in [-0.4, -0.2) is 46.6 Å². The van der Waals surface area contributed by atoms with Gasteiger partial charge >= 0.3 is 16.4 Å². The quantitative estimate of drug-likeness (QED) is 0.191. The predicted molar refractivity (Wildman–Crippen MR) is 156 cm³/mol. The zero-order valence-corrected chi connectivity index (χ0v) is 26.4. The lowest BCUT2D eigenvalue weighted by atomic mass is 9.43. The minimum Gasteiger partial charge on any atom is -0.469 e. The van der Waals surface area contributed by atoms with Crippen molar-refractivity contribution in [2.75, 3.05) is 13.9 Å². The molecule has 0 bridgehead atoms. The molecule has 1 heterocycles. The number of carbonyl (C=O) groups is 1. The van der Waals surface area contributed by atoms with E-state index in [0.717, 1.165) is 44.1 Å². The second-order valence-electron chi connectivity index (χ2n) is 14.3. The fourth-order valence-corrected chi connectivity index (χ4v) is 11.5. The fraction of sp³-hybridized carbons (Fsp3) is 0.788. The van der Waals surface area contributed by atoms with Gasteiger partial charge in [-0.2, -0.15) is 8.42 Å². The molecule has 0 unspecified atom stereocenters. The van der Waals surface area contributed by atoms with Crippen LogP contribution in [-0.2, 0) is 44.4 Å². The molecule has 0 amide bonds. The molecular weight excluding hydrogens is 556 g/mol. The summed E-state index contributed by atoms with van der Waals surface area (Å²) in [7, 11) is -2.49. The molecular formula is C33H48O8S. The lowest BCUT2D eigenvalue weighted by Gasteiger charge is -2.63. The van der Waals surface area contributed by atoms with E-state index >= 15 is 0 Å². The molecule has 4 saturated carbocycles. The number of methoxy groups -OCH3 is 1. The Labute approximate surface area is 251 Å².